The smallest absolute Gasteiger partial charge is 0.367 e. The Morgan fingerprint density at radius 1 is 0.704 bits per heavy atom. The topological polar surface area (TPSA) is 410 Å². The van der Waals surface area contributed by atoms with Crippen LogP contribution in [0, 0.1) is 18.3 Å². The Morgan fingerprint density at radius 3 is 1.81 bits per heavy atom. The zero-order chi connectivity index (χ0) is 41.1. The van der Waals surface area contributed by atoms with E-state index in [1.165, 1.54) is 6.92 Å². The maximum Gasteiger partial charge on any atom is 0.397 e. The molecule has 0 fully saturated rings. The number of benzene rings is 2. The summed E-state index contributed by atoms with van der Waals surface area (Å²) in [6.45, 7) is -1.35. The van der Waals surface area contributed by atoms with Crippen LogP contribution >= 0.6 is 0 Å². The van der Waals surface area contributed by atoms with Crippen molar-refractivity contribution < 1.29 is 81.6 Å². The number of anilines is 2. The largest absolute Gasteiger partial charge is 0.397 e. The first kappa shape index (κ1) is 44.4. The minimum absolute atomic E-state index is 0.132. The monoisotopic (exact) mass is 882 g/mol. The Labute approximate surface area is 307 Å². The van der Waals surface area contributed by atoms with Gasteiger partial charge < -0.3 is 10.6 Å². The average molecular weight is 883 g/mol. The summed E-state index contributed by atoms with van der Waals surface area (Å²) in [7, 11) is -29.7. The molecule has 3 rings (SSSR count). The Hall–Kier alpha value is -4.04. The van der Waals surface area contributed by atoms with E-state index >= 15 is 0 Å². The van der Waals surface area contributed by atoms with Gasteiger partial charge in [-0.25, -0.2) is 21.8 Å². The fraction of sp³-hybridized carbons (Fsp3) is 0.304. The summed E-state index contributed by atoms with van der Waals surface area (Å²) < 4.78 is 195. The van der Waals surface area contributed by atoms with Crippen LogP contribution in [0.15, 0.2) is 49.2 Å². The zero-order valence-corrected chi connectivity index (χ0v) is 31.6. The molecular weight excluding hydrogens is 857 g/mol. The summed E-state index contributed by atoms with van der Waals surface area (Å²) in [4.78, 5) is 0.735. The first-order valence-corrected chi connectivity index (χ1v) is 22.7. The van der Waals surface area contributed by atoms with Crippen molar-refractivity contribution in [1.82, 2.24) is 4.98 Å². The molecule has 25 nitrogen and oxygen atoms in total. The van der Waals surface area contributed by atoms with Gasteiger partial charge in [0.2, 0.25) is 0 Å². The van der Waals surface area contributed by atoms with E-state index in [0.717, 1.165) is 0 Å². The van der Waals surface area contributed by atoms with Crippen molar-refractivity contribution >= 4 is 94.8 Å². The van der Waals surface area contributed by atoms with Crippen LogP contribution in [0.5, 0.6) is 0 Å². The second-order valence-corrected chi connectivity index (χ2v) is 19.0. The number of hydrogen-bond acceptors (Lipinski definition) is 20. The zero-order valence-electron chi connectivity index (χ0n) is 26.7. The highest BCUT2D eigenvalue weighted by molar-refractivity contribution is 7.91. The first-order chi connectivity index (χ1) is 24.5. The Kier molecular flexibility index (Phi) is 13.4. The predicted molar refractivity (Wildman–Crippen MR) is 182 cm³/mol. The summed E-state index contributed by atoms with van der Waals surface area (Å²) in [6, 6.07) is 3.89. The highest BCUT2D eigenvalue weighted by atomic mass is 32.3. The molecule has 0 unspecified atom stereocenters. The third kappa shape index (κ3) is 12.5. The second kappa shape index (κ2) is 16.4. The predicted octanol–water partition coefficient (Wildman–Crippen LogP) is 0.448. The minimum Gasteiger partial charge on any atom is -0.367 e. The lowest BCUT2D eigenvalue weighted by Crippen LogP contribution is -2.22. The molecular formula is C23H26N6O19S6. The first-order valence-electron chi connectivity index (χ1n) is 13.8. The summed E-state index contributed by atoms with van der Waals surface area (Å²) >= 11 is 0. The van der Waals surface area contributed by atoms with E-state index < -0.39 is 141 Å². The van der Waals surface area contributed by atoms with Crippen molar-refractivity contribution in [1.29, 1.82) is 5.26 Å². The van der Waals surface area contributed by atoms with Crippen LogP contribution in [0.4, 0.5) is 23.0 Å². The number of sulfone groups is 1. The van der Waals surface area contributed by atoms with Gasteiger partial charge in [-0.3, -0.25) is 22.8 Å². The number of azo groups is 1. The number of fused-ring (bicyclic) bond motifs is 1. The quantitative estimate of drug-likeness (QED) is 0.0518. The van der Waals surface area contributed by atoms with E-state index in [9.17, 15) is 69.4 Å². The highest BCUT2D eigenvalue weighted by Gasteiger charge is 2.25. The van der Waals surface area contributed by atoms with Crippen LogP contribution in [0.2, 0.25) is 0 Å². The van der Waals surface area contributed by atoms with Gasteiger partial charge in [0.25, 0.3) is 30.4 Å². The molecule has 0 amide bonds. The minimum atomic E-state index is -5.31. The molecule has 1 aromatic heterocycles. The molecule has 0 spiro atoms. The van der Waals surface area contributed by atoms with Crippen LogP contribution in [-0.2, 0) is 69.4 Å². The highest BCUT2D eigenvalue weighted by Crippen LogP contribution is 2.38. The van der Waals surface area contributed by atoms with Crippen molar-refractivity contribution in [2.45, 2.75) is 21.6 Å². The molecule has 0 bridgehead atoms. The van der Waals surface area contributed by atoms with Crippen molar-refractivity contribution in [3.63, 3.8) is 0 Å². The fourth-order valence-electron chi connectivity index (χ4n) is 4.28. The van der Waals surface area contributed by atoms with E-state index in [1.807, 2.05) is 0 Å². The van der Waals surface area contributed by atoms with Crippen LogP contribution in [-0.4, -0.2) is 116 Å². The van der Waals surface area contributed by atoms with Gasteiger partial charge in [-0.1, -0.05) is 0 Å². The molecule has 0 aliphatic rings. The van der Waals surface area contributed by atoms with E-state index in [2.05, 4.69) is 34.2 Å². The lowest BCUT2D eigenvalue weighted by molar-refractivity contribution is 0.278. The molecule has 0 aliphatic carbocycles. The summed E-state index contributed by atoms with van der Waals surface area (Å²) in [5, 5.41) is 21.4. The van der Waals surface area contributed by atoms with E-state index in [1.54, 1.807) is 6.07 Å². The number of nitrogens with one attached hydrogen (secondary N) is 2. The van der Waals surface area contributed by atoms with Crippen LogP contribution in [0.1, 0.15) is 11.1 Å². The van der Waals surface area contributed by atoms with Gasteiger partial charge in [0, 0.05) is 24.0 Å². The fourth-order valence-corrected chi connectivity index (χ4v) is 7.92. The molecule has 0 saturated carbocycles. The molecule has 0 saturated heterocycles. The van der Waals surface area contributed by atoms with Crippen molar-refractivity contribution in [3.05, 3.63) is 35.4 Å². The molecule has 0 radical (unpaired) electrons. The standard InChI is InChI=1S/C23H26N6O19S6/c1-13-17(12-24)22(25-2-4-47-53(41,42)43)27-23(26-3-6-49(30,31)7-5-48-54(44,45)46)21(13)29-28-18-11-16-14(9-20(18)52(38,39)40)8-15(50(32,33)34)10-19(16)51(35,36)37/h8-11H,2-7H2,1H3,(H2,25,26,27)(H,32,33,34)(H,35,36,37)(H,38,39,40)(H,41,42,43)(H,44,45,46). The Bertz CT molecular complexity index is 2730. The Morgan fingerprint density at radius 2 is 1.28 bits per heavy atom. The summed E-state index contributed by atoms with van der Waals surface area (Å²) in [5.74, 6) is -2.37. The number of nitriles is 1. The third-order valence-electron chi connectivity index (χ3n) is 6.56. The van der Waals surface area contributed by atoms with Gasteiger partial charge in [0.15, 0.2) is 15.7 Å². The van der Waals surface area contributed by atoms with Crippen molar-refractivity contribution in [2.24, 2.45) is 10.2 Å². The van der Waals surface area contributed by atoms with E-state index in [0.29, 0.717) is 24.3 Å². The molecule has 54 heavy (non-hydrogen) atoms. The molecule has 0 aliphatic heterocycles. The lowest BCUT2D eigenvalue weighted by Gasteiger charge is -2.16. The van der Waals surface area contributed by atoms with Gasteiger partial charge in [-0.15, -0.1) is 10.2 Å². The second-order valence-electron chi connectivity index (χ2n) is 10.4. The molecule has 31 heteroatoms. The molecule has 1 heterocycles. The summed E-state index contributed by atoms with van der Waals surface area (Å²) in [6.07, 6.45) is 0. The van der Waals surface area contributed by atoms with Gasteiger partial charge in [-0.2, -0.15) is 47.4 Å². The van der Waals surface area contributed by atoms with Gasteiger partial charge in [-0.05, 0) is 36.6 Å². The molecule has 2 aromatic carbocycles. The normalized spacial score (nSPS) is 13.3. The van der Waals surface area contributed by atoms with Gasteiger partial charge in [0.1, 0.15) is 33.1 Å². The van der Waals surface area contributed by atoms with Gasteiger partial charge >= 0.3 is 20.8 Å². The van der Waals surface area contributed by atoms with Gasteiger partial charge in [0.05, 0.1) is 35.2 Å². The third-order valence-corrected chi connectivity index (χ3v) is 11.7. The number of aromatic nitrogens is 1. The van der Waals surface area contributed by atoms with E-state index in [4.69, 9.17) is 9.11 Å². The number of nitrogens with zero attached hydrogens (tertiary/aromatic N) is 4. The SMILES string of the molecule is Cc1c(C#N)c(NCCOS(=O)(=O)O)nc(NCCS(=O)(=O)CCOS(=O)(=O)O)c1N=Nc1cc2c(S(=O)(=O)O)cc(S(=O)(=O)O)cc2cc1S(=O)(=O)O. The van der Waals surface area contributed by atoms with E-state index in [-0.39, 0.29) is 16.9 Å². The lowest BCUT2D eigenvalue weighted by atomic mass is 10.1. The van der Waals surface area contributed by atoms with Crippen LogP contribution in [0.25, 0.3) is 10.8 Å². The van der Waals surface area contributed by atoms with Crippen LogP contribution < -0.4 is 10.6 Å². The number of hydrogen-bond donors (Lipinski definition) is 7. The molecule has 0 atom stereocenters. The number of rotatable bonds is 18. The molecule has 298 valence electrons. The average Bonchev–Trinajstić information content (AvgIpc) is 2.99. The van der Waals surface area contributed by atoms with Crippen molar-refractivity contribution in [2.75, 3.05) is 48.4 Å². The molecule has 3 aromatic rings. The maximum atomic E-state index is 12.4. The molecule has 7 N–H and O–H groups in total. The van der Waals surface area contributed by atoms with Crippen LogP contribution in [0.3, 0.4) is 0 Å². The van der Waals surface area contributed by atoms with Crippen molar-refractivity contribution in [3.8, 4) is 6.07 Å². The number of pyridine rings is 1. The summed E-state index contributed by atoms with van der Waals surface area (Å²) in [5.41, 5.74) is -1.75. The Balaban J connectivity index is 2.22. The maximum absolute atomic E-state index is 12.4.